The number of allylic oxidation sites excluding steroid dienone is 1. The zero-order valence-electron chi connectivity index (χ0n) is 28.5. The van der Waals surface area contributed by atoms with E-state index in [4.69, 9.17) is 10.6 Å². The van der Waals surface area contributed by atoms with E-state index in [0.29, 0.717) is 18.6 Å². The Hall–Kier alpha value is -4.29. The van der Waals surface area contributed by atoms with Gasteiger partial charge in [-0.1, -0.05) is 72.6 Å². The second-order valence-electron chi connectivity index (χ2n) is 13.9. The van der Waals surface area contributed by atoms with Crippen molar-refractivity contribution in [3.63, 3.8) is 0 Å². The molecule has 5 N–H and O–H groups in total. The number of rotatable bonds is 16. The van der Waals surface area contributed by atoms with E-state index < -0.39 is 56.5 Å². The second kappa shape index (κ2) is 14.9. The van der Waals surface area contributed by atoms with Crippen LogP contribution in [0, 0.1) is 17.8 Å². The van der Waals surface area contributed by atoms with Crippen molar-refractivity contribution in [2.75, 3.05) is 13.6 Å². The van der Waals surface area contributed by atoms with Gasteiger partial charge in [-0.05, 0) is 80.7 Å². The van der Waals surface area contributed by atoms with Crippen LogP contribution in [0.3, 0.4) is 0 Å². The number of benzene rings is 2. The van der Waals surface area contributed by atoms with Crippen LogP contribution in [0.5, 0.6) is 0 Å². The molecule has 266 valence electrons. The van der Waals surface area contributed by atoms with E-state index in [1.165, 1.54) is 7.05 Å². The van der Waals surface area contributed by atoms with Crippen LogP contribution in [-0.4, -0.2) is 62.3 Å². The molecule has 11 nitrogen and oxygen atoms in total. The summed E-state index contributed by atoms with van der Waals surface area (Å²) in [6, 6.07) is 14.3. The maximum absolute atomic E-state index is 13.8. The minimum Gasteiger partial charge on any atom is -0.392 e. The van der Waals surface area contributed by atoms with Gasteiger partial charge >= 0.3 is 0 Å². The molecule has 2 aromatic carbocycles. The summed E-state index contributed by atoms with van der Waals surface area (Å²) in [5, 5.41) is 9.54. The Morgan fingerprint density at radius 1 is 0.980 bits per heavy atom. The van der Waals surface area contributed by atoms with Gasteiger partial charge in [-0.3, -0.25) is 19.1 Å². The monoisotopic (exact) mass is 701 g/mol. The number of nitrogens with zero attached hydrogens (tertiary/aromatic N) is 1. The second-order valence-corrected chi connectivity index (χ2v) is 15.9. The van der Waals surface area contributed by atoms with E-state index in [0.717, 1.165) is 66.5 Å². The predicted octanol–water partition coefficient (Wildman–Crippen LogP) is 4.17. The maximum Gasteiger partial charge on any atom is 0.259 e. The van der Waals surface area contributed by atoms with Crippen molar-refractivity contribution in [1.82, 2.24) is 15.4 Å². The van der Waals surface area contributed by atoms with E-state index in [9.17, 15) is 22.8 Å². The van der Waals surface area contributed by atoms with Gasteiger partial charge in [-0.15, -0.1) is 6.58 Å². The van der Waals surface area contributed by atoms with Crippen LogP contribution in [0.1, 0.15) is 80.9 Å². The van der Waals surface area contributed by atoms with Gasteiger partial charge in [0.15, 0.2) is 0 Å². The highest BCUT2D eigenvalue weighted by atomic mass is 32.2. The van der Waals surface area contributed by atoms with Crippen LogP contribution in [-0.2, 0) is 29.2 Å². The van der Waals surface area contributed by atoms with Crippen molar-refractivity contribution in [1.29, 1.82) is 0 Å². The summed E-state index contributed by atoms with van der Waals surface area (Å²) in [5.74, 6) is -3.56. The summed E-state index contributed by atoms with van der Waals surface area (Å²) in [6.45, 7) is 4.50. The molecule has 0 heterocycles. The van der Waals surface area contributed by atoms with Gasteiger partial charge in [0.05, 0.1) is 17.1 Å². The van der Waals surface area contributed by atoms with Gasteiger partial charge in [0.1, 0.15) is 17.4 Å². The summed E-state index contributed by atoms with van der Waals surface area (Å²) >= 11 is 0. The van der Waals surface area contributed by atoms with E-state index in [2.05, 4.69) is 63.5 Å². The molecular weight excluding hydrogens is 655 g/mol. The molecule has 6 rings (SSSR count). The molecule has 4 aliphatic rings. The standard InChI is InChI=1S/C38H47N5O6S/c1-3-25-23-38(25,37(46)43-50(47,48)27-16-17-27)41-36(45)33-22-26(21-32(33)35(44)40-2)49-42-34-30-14-10-9-13-28(30)29-18-15-24(20-31(29)34)12-8-6-4-5-7-11-19-39/h3,8-10,12-15,18,20,25-27,32-33H,1,4-7,11,16-17,19,21-23,39H2,2H3,(H,40,44)(H,41,45)(H,43,46)/b12-8+,42-34+/t25-,26-,32+,33+,38+/m0/s1. The van der Waals surface area contributed by atoms with Crippen molar-refractivity contribution in [3.05, 3.63) is 77.9 Å². The molecule has 0 saturated heterocycles. The largest absolute Gasteiger partial charge is 0.392 e. The molecule has 0 spiro atoms. The van der Waals surface area contributed by atoms with Crippen LogP contribution < -0.4 is 21.1 Å². The van der Waals surface area contributed by atoms with Gasteiger partial charge in [-0.25, -0.2) is 8.42 Å². The summed E-state index contributed by atoms with van der Waals surface area (Å²) in [6.07, 6.45) is 12.5. The van der Waals surface area contributed by atoms with Gasteiger partial charge in [-0.2, -0.15) is 0 Å². The van der Waals surface area contributed by atoms with E-state index >= 15 is 0 Å². The topological polar surface area (TPSA) is 169 Å². The van der Waals surface area contributed by atoms with Crippen LogP contribution in [0.25, 0.3) is 17.2 Å². The Balaban J connectivity index is 1.17. The van der Waals surface area contributed by atoms with Crippen molar-refractivity contribution in [2.24, 2.45) is 28.6 Å². The Kier molecular flexibility index (Phi) is 10.6. The first-order valence-corrected chi connectivity index (χ1v) is 19.2. The molecule has 2 aromatic rings. The third-order valence-electron chi connectivity index (χ3n) is 10.4. The van der Waals surface area contributed by atoms with Crippen LogP contribution in [0.2, 0.25) is 0 Å². The summed E-state index contributed by atoms with van der Waals surface area (Å²) in [7, 11) is -2.30. The molecule has 4 aliphatic carbocycles. The number of fused-ring (bicyclic) bond motifs is 3. The third-order valence-corrected chi connectivity index (χ3v) is 12.2. The highest BCUT2D eigenvalue weighted by molar-refractivity contribution is 7.91. The highest BCUT2D eigenvalue weighted by Crippen LogP contribution is 2.46. The fourth-order valence-electron chi connectivity index (χ4n) is 7.24. The van der Waals surface area contributed by atoms with Gasteiger partial charge in [0.25, 0.3) is 5.91 Å². The molecule has 0 bridgehead atoms. The molecule has 5 atom stereocenters. The highest BCUT2D eigenvalue weighted by Gasteiger charge is 2.62. The molecule has 0 unspecified atom stereocenters. The average Bonchev–Trinajstić information content (AvgIpc) is 4.02. The molecule has 3 amide bonds. The first kappa shape index (κ1) is 35.5. The van der Waals surface area contributed by atoms with E-state index in [1.807, 2.05) is 18.2 Å². The molecule has 50 heavy (non-hydrogen) atoms. The molecule has 0 radical (unpaired) electrons. The summed E-state index contributed by atoms with van der Waals surface area (Å²) < 4.78 is 27.2. The lowest BCUT2D eigenvalue weighted by atomic mass is 9.93. The molecule has 0 aromatic heterocycles. The lowest BCUT2D eigenvalue weighted by molar-refractivity contribution is -0.135. The van der Waals surface area contributed by atoms with Crippen LogP contribution >= 0.6 is 0 Å². The number of amides is 3. The van der Waals surface area contributed by atoms with E-state index in [1.54, 1.807) is 6.08 Å². The number of hydrogen-bond acceptors (Lipinski definition) is 8. The number of oxime groups is 1. The quantitative estimate of drug-likeness (QED) is 0.0988. The molecular formula is C38H47N5O6S. The Morgan fingerprint density at radius 2 is 1.68 bits per heavy atom. The first-order chi connectivity index (χ1) is 24.1. The number of unbranched alkanes of at least 4 members (excludes halogenated alkanes) is 4. The lowest BCUT2D eigenvalue weighted by Gasteiger charge is -2.23. The number of carbonyl (C=O) groups excluding carboxylic acids is 3. The minimum absolute atomic E-state index is 0.195. The number of nitrogens with two attached hydrogens (primary N) is 1. The summed E-state index contributed by atoms with van der Waals surface area (Å²) in [4.78, 5) is 46.2. The van der Waals surface area contributed by atoms with Crippen molar-refractivity contribution in [3.8, 4) is 11.1 Å². The Labute approximate surface area is 294 Å². The Morgan fingerprint density at radius 3 is 2.36 bits per heavy atom. The number of nitrogens with one attached hydrogen (secondary N) is 3. The van der Waals surface area contributed by atoms with Crippen molar-refractivity contribution >= 4 is 39.5 Å². The zero-order chi connectivity index (χ0) is 35.5. The predicted molar refractivity (Wildman–Crippen MR) is 193 cm³/mol. The van der Waals surface area contributed by atoms with Gasteiger partial charge in [0.2, 0.25) is 21.8 Å². The van der Waals surface area contributed by atoms with Gasteiger partial charge in [0, 0.05) is 24.1 Å². The average molecular weight is 702 g/mol. The van der Waals surface area contributed by atoms with Crippen molar-refractivity contribution in [2.45, 2.75) is 81.1 Å². The normalized spacial score (nSPS) is 25.9. The fraction of sp³-hybridized carbons (Fsp3) is 0.474. The Bertz CT molecular complexity index is 1820. The van der Waals surface area contributed by atoms with E-state index in [-0.39, 0.29) is 25.2 Å². The molecule has 12 heteroatoms. The third kappa shape index (κ3) is 7.41. The molecule has 0 aliphatic heterocycles. The fourth-order valence-corrected chi connectivity index (χ4v) is 8.61. The zero-order valence-corrected chi connectivity index (χ0v) is 29.3. The van der Waals surface area contributed by atoms with Gasteiger partial charge < -0.3 is 21.2 Å². The smallest absolute Gasteiger partial charge is 0.259 e. The number of hydrogen-bond donors (Lipinski definition) is 4. The number of sulfonamides is 1. The molecule has 3 fully saturated rings. The lowest BCUT2D eigenvalue weighted by Crippen LogP contribution is -2.54. The van der Waals surface area contributed by atoms with Crippen molar-refractivity contribution < 1.29 is 27.6 Å². The SMILES string of the molecule is C=C[C@H]1C[C@]1(NC(=O)[C@@H]1C[C@@H](O/N=C2\c3ccccc3-c3ccc(/C=C/CCCCCCN)cc32)C[C@H]1C(=O)NC)C(=O)NS(=O)(=O)C1CC1. The van der Waals surface area contributed by atoms with Crippen LogP contribution in [0.4, 0.5) is 0 Å². The molecule has 3 saturated carbocycles. The number of carbonyl (C=O) groups is 3. The first-order valence-electron chi connectivity index (χ1n) is 17.7. The maximum atomic E-state index is 13.8. The summed E-state index contributed by atoms with van der Waals surface area (Å²) in [5.41, 5.74) is 9.93. The minimum atomic E-state index is -3.82. The van der Waals surface area contributed by atoms with Crippen LogP contribution in [0.15, 0.2) is 66.4 Å².